The number of amides is 3. The number of esters is 1. The summed E-state index contributed by atoms with van der Waals surface area (Å²) in [5, 5.41) is 8.49. The van der Waals surface area contributed by atoms with Gasteiger partial charge in [0.1, 0.15) is 27.5 Å². The van der Waals surface area contributed by atoms with Gasteiger partial charge in [0.2, 0.25) is 5.62 Å². The standard InChI is InChI=1S/C20H20N2O8S/c1-10(24)13(19(28)30-20(2,3)4)22-17(27)14(18(22)31(29)9-23)21-15(25)11-7-5-6-8-12(11)16(21)26/h5-9,14,18,24H,1-4H3/b13-10+/t14-,18-,31?/m1/s1. The van der Waals surface area contributed by atoms with Crippen LogP contribution in [0.3, 0.4) is 0 Å². The zero-order valence-electron chi connectivity index (χ0n) is 17.1. The molecule has 31 heavy (non-hydrogen) atoms. The molecule has 0 radical (unpaired) electrons. The van der Waals surface area contributed by atoms with Gasteiger partial charge in [-0.2, -0.15) is 0 Å². The molecular formula is C20H20N2O8S. The highest BCUT2D eigenvalue weighted by molar-refractivity contribution is 7.99. The van der Waals surface area contributed by atoms with Crippen LogP contribution in [-0.4, -0.2) is 65.4 Å². The van der Waals surface area contributed by atoms with Crippen molar-refractivity contribution in [2.24, 2.45) is 0 Å². The van der Waals surface area contributed by atoms with Gasteiger partial charge in [0.05, 0.1) is 11.1 Å². The highest BCUT2D eigenvalue weighted by atomic mass is 32.2. The molecular weight excluding hydrogens is 428 g/mol. The molecule has 1 fully saturated rings. The molecule has 2 aliphatic rings. The van der Waals surface area contributed by atoms with E-state index in [2.05, 4.69) is 0 Å². The van der Waals surface area contributed by atoms with Crippen LogP contribution in [0.5, 0.6) is 0 Å². The Morgan fingerprint density at radius 1 is 1.13 bits per heavy atom. The van der Waals surface area contributed by atoms with Gasteiger partial charge >= 0.3 is 5.97 Å². The van der Waals surface area contributed by atoms with Crippen LogP contribution in [0.1, 0.15) is 48.4 Å². The summed E-state index contributed by atoms with van der Waals surface area (Å²) in [5.74, 6) is -4.22. The molecule has 2 aliphatic heterocycles. The SMILES string of the molecule is C/C(O)=C(/C(=O)OC(C)(C)C)N1C(=O)[C@@H](N2C(=O)c3ccccc3C2=O)[C@H]1S(=O)C=O. The van der Waals surface area contributed by atoms with Crippen LogP contribution >= 0.6 is 0 Å². The highest BCUT2D eigenvalue weighted by Crippen LogP contribution is 2.37. The minimum Gasteiger partial charge on any atom is -0.510 e. The summed E-state index contributed by atoms with van der Waals surface area (Å²) in [7, 11) is -2.41. The molecule has 2 heterocycles. The van der Waals surface area contributed by atoms with E-state index in [1.165, 1.54) is 12.1 Å². The lowest BCUT2D eigenvalue weighted by Crippen LogP contribution is -2.73. The number of fused-ring (bicyclic) bond motifs is 1. The van der Waals surface area contributed by atoms with E-state index >= 15 is 0 Å². The normalized spacial score (nSPS) is 22.5. The average Bonchev–Trinajstić information content (AvgIpc) is 2.92. The van der Waals surface area contributed by atoms with E-state index in [9.17, 15) is 33.3 Å². The number of rotatable bonds is 5. The van der Waals surface area contributed by atoms with Crippen LogP contribution in [0.2, 0.25) is 0 Å². The third-order valence-electron chi connectivity index (χ3n) is 4.63. The molecule has 3 rings (SSSR count). The Hall–Kier alpha value is -3.34. The van der Waals surface area contributed by atoms with Gasteiger partial charge in [0, 0.05) is 0 Å². The fourth-order valence-electron chi connectivity index (χ4n) is 3.42. The first-order valence-corrected chi connectivity index (χ1v) is 10.5. The number of β-lactam (4-membered cyclic amide) rings is 1. The molecule has 0 aliphatic carbocycles. The lowest BCUT2D eigenvalue weighted by atomic mass is 10.0. The van der Waals surface area contributed by atoms with Gasteiger partial charge < -0.3 is 9.84 Å². The van der Waals surface area contributed by atoms with Crippen molar-refractivity contribution in [2.75, 3.05) is 0 Å². The van der Waals surface area contributed by atoms with Gasteiger partial charge in [0.25, 0.3) is 17.7 Å². The molecule has 164 valence electrons. The van der Waals surface area contributed by atoms with Crippen molar-refractivity contribution in [1.29, 1.82) is 0 Å². The second kappa shape index (κ2) is 7.73. The topological polar surface area (TPSA) is 138 Å². The molecule has 0 spiro atoms. The molecule has 3 amide bonds. The van der Waals surface area contributed by atoms with Crippen LogP contribution in [0.4, 0.5) is 0 Å². The van der Waals surface area contributed by atoms with E-state index < -0.39 is 63.0 Å². The molecule has 11 heteroatoms. The van der Waals surface area contributed by atoms with Gasteiger partial charge in [-0.05, 0) is 39.8 Å². The number of aliphatic hydroxyl groups excluding tert-OH is 1. The molecule has 1 saturated heterocycles. The Balaban J connectivity index is 2.02. The third kappa shape index (κ3) is 3.65. The summed E-state index contributed by atoms with van der Waals surface area (Å²) >= 11 is 0. The maximum absolute atomic E-state index is 13.0. The first-order valence-electron chi connectivity index (χ1n) is 9.18. The number of ether oxygens (including phenoxy) is 1. The summed E-state index contributed by atoms with van der Waals surface area (Å²) < 4.78 is 17.7. The van der Waals surface area contributed by atoms with Crippen LogP contribution in [0.15, 0.2) is 35.7 Å². The summed E-state index contributed by atoms with van der Waals surface area (Å²) in [4.78, 5) is 63.7. The van der Waals surface area contributed by atoms with E-state index in [0.29, 0.717) is 9.80 Å². The van der Waals surface area contributed by atoms with Gasteiger partial charge in [0.15, 0.2) is 11.7 Å². The third-order valence-corrected chi connectivity index (χ3v) is 5.76. The second-order valence-electron chi connectivity index (χ2n) is 7.93. The van der Waals surface area contributed by atoms with Crippen molar-refractivity contribution in [1.82, 2.24) is 9.80 Å². The Morgan fingerprint density at radius 3 is 2.06 bits per heavy atom. The van der Waals surface area contributed by atoms with E-state index in [4.69, 9.17) is 4.74 Å². The number of hydrogen-bond donors (Lipinski definition) is 1. The fourth-order valence-corrected chi connectivity index (χ4v) is 4.44. The number of hydrogen-bond acceptors (Lipinski definition) is 8. The smallest absolute Gasteiger partial charge is 0.359 e. The Bertz CT molecular complexity index is 1030. The number of likely N-dealkylation sites (tertiary alicyclic amines) is 1. The van der Waals surface area contributed by atoms with Gasteiger partial charge in [-0.3, -0.25) is 29.0 Å². The maximum Gasteiger partial charge on any atom is 0.359 e. The Labute approximate surface area is 179 Å². The number of allylic oxidation sites excluding steroid dienone is 1. The van der Waals surface area contributed by atoms with Crippen molar-refractivity contribution < 1.29 is 38.0 Å². The summed E-state index contributed by atoms with van der Waals surface area (Å²) in [6, 6.07) is 4.32. The molecule has 0 saturated carbocycles. The summed E-state index contributed by atoms with van der Waals surface area (Å²) in [5.41, 5.74) is -1.43. The lowest BCUT2D eigenvalue weighted by Gasteiger charge is -2.48. The van der Waals surface area contributed by atoms with Crippen molar-refractivity contribution in [2.45, 2.75) is 44.7 Å². The monoisotopic (exact) mass is 448 g/mol. The molecule has 0 bridgehead atoms. The molecule has 1 aromatic carbocycles. The number of imide groups is 1. The minimum absolute atomic E-state index is 0.0364. The molecule has 1 N–H and O–H groups in total. The first kappa shape index (κ1) is 22.3. The van der Waals surface area contributed by atoms with E-state index in [-0.39, 0.29) is 16.7 Å². The first-order chi connectivity index (χ1) is 14.4. The Morgan fingerprint density at radius 2 is 1.65 bits per heavy atom. The maximum atomic E-state index is 13.0. The average molecular weight is 448 g/mol. The number of benzene rings is 1. The molecule has 0 aromatic heterocycles. The summed E-state index contributed by atoms with van der Waals surface area (Å²) in [6.07, 6.45) is 0. The van der Waals surface area contributed by atoms with Crippen LogP contribution in [-0.2, 0) is 29.9 Å². The lowest BCUT2D eigenvalue weighted by molar-refractivity contribution is -0.160. The number of aliphatic hydroxyl groups is 1. The van der Waals surface area contributed by atoms with Gasteiger partial charge in [-0.25, -0.2) is 9.00 Å². The quantitative estimate of drug-likeness (QED) is 0.175. The molecule has 3 atom stereocenters. The number of carbonyl (C=O) groups excluding carboxylic acids is 5. The van der Waals surface area contributed by atoms with Gasteiger partial charge in [-0.1, -0.05) is 12.1 Å². The minimum atomic E-state index is -2.41. The zero-order chi connectivity index (χ0) is 23.2. The molecule has 1 aromatic rings. The highest BCUT2D eigenvalue weighted by Gasteiger charge is 2.61. The van der Waals surface area contributed by atoms with E-state index in [0.717, 1.165) is 6.92 Å². The van der Waals surface area contributed by atoms with Crippen LogP contribution in [0.25, 0.3) is 0 Å². The zero-order valence-corrected chi connectivity index (χ0v) is 18.0. The Kier molecular flexibility index (Phi) is 5.57. The van der Waals surface area contributed by atoms with Crippen molar-refractivity contribution in [3.63, 3.8) is 0 Å². The van der Waals surface area contributed by atoms with Crippen molar-refractivity contribution >= 4 is 40.1 Å². The fraction of sp³-hybridized carbons (Fsp3) is 0.350. The predicted octanol–water partition coefficient (Wildman–Crippen LogP) is 0.890. The predicted molar refractivity (Wildman–Crippen MR) is 107 cm³/mol. The van der Waals surface area contributed by atoms with E-state index in [1.807, 2.05) is 0 Å². The number of carbonyl (C=O) groups is 5. The van der Waals surface area contributed by atoms with Crippen LogP contribution in [0, 0.1) is 0 Å². The molecule has 1 unspecified atom stereocenters. The molecule has 10 nitrogen and oxygen atoms in total. The van der Waals surface area contributed by atoms with Crippen LogP contribution < -0.4 is 0 Å². The van der Waals surface area contributed by atoms with Crippen molar-refractivity contribution in [3.05, 3.63) is 46.8 Å². The van der Waals surface area contributed by atoms with Gasteiger partial charge in [-0.15, -0.1) is 0 Å². The number of nitrogens with zero attached hydrogens (tertiary/aromatic N) is 2. The van der Waals surface area contributed by atoms with E-state index in [1.54, 1.807) is 32.9 Å². The largest absolute Gasteiger partial charge is 0.510 e. The summed E-state index contributed by atoms with van der Waals surface area (Å²) in [6.45, 7) is 5.81. The second-order valence-corrected chi connectivity index (χ2v) is 9.26. The van der Waals surface area contributed by atoms with Crippen molar-refractivity contribution in [3.8, 4) is 0 Å².